The third-order valence-corrected chi connectivity index (χ3v) is 1.31. The van der Waals surface area contributed by atoms with Crippen LogP contribution in [-0.2, 0) is 9.59 Å². The van der Waals surface area contributed by atoms with Crippen molar-refractivity contribution in [2.45, 2.75) is 12.8 Å². The molecule has 0 radical (unpaired) electrons. The summed E-state index contributed by atoms with van der Waals surface area (Å²) in [7, 11) is 0. The van der Waals surface area contributed by atoms with E-state index in [1.807, 2.05) is 0 Å². The van der Waals surface area contributed by atoms with Crippen molar-refractivity contribution in [1.82, 2.24) is 10.6 Å². The van der Waals surface area contributed by atoms with Gasteiger partial charge in [-0.2, -0.15) is 10.5 Å². The van der Waals surface area contributed by atoms with E-state index in [-0.39, 0.29) is 37.7 Å². The van der Waals surface area contributed by atoms with Gasteiger partial charge in [0.25, 0.3) is 0 Å². The Balaban J connectivity index is 3.53. The summed E-state index contributed by atoms with van der Waals surface area (Å²) in [6.45, 7) is -0.114. The lowest BCUT2D eigenvalue weighted by Gasteiger charge is -2.00. The first-order valence-electron chi connectivity index (χ1n) is 3.98. The molecule has 0 aliphatic heterocycles. The van der Waals surface area contributed by atoms with E-state index in [1.54, 1.807) is 12.1 Å². The summed E-state index contributed by atoms with van der Waals surface area (Å²) >= 11 is 0. The van der Waals surface area contributed by atoms with Gasteiger partial charge in [0.1, 0.15) is 13.1 Å². The molecule has 0 aliphatic rings. The Morgan fingerprint density at radius 1 is 0.929 bits per heavy atom. The molecule has 0 atom stereocenters. The largest absolute Gasteiger partial charge is 0.343 e. The summed E-state index contributed by atoms with van der Waals surface area (Å²) in [4.78, 5) is 21.7. The lowest BCUT2D eigenvalue weighted by atomic mass is 10.3. The maximum absolute atomic E-state index is 10.9. The van der Waals surface area contributed by atoms with Crippen LogP contribution in [0.2, 0.25) is 0 Å². The van der Waals surface area contributed by atoms with Crippen LogP contribution in [0.25, 0.3) is 0 Å². The smallest absolute Gasteiger partial charge is 0.221 e. The zero-order valence-electron chi connectivity index (χ0n) is 7.54. The molecule has 0 unspecified atom stereocenters. The molecule has 0 aromatic carbocycles. The van der Waals surface area contributed by atoms with Gasteiger partial charge in [0.15, 0.2) is 0 Å². The normalized spacial score (nSPS) is 8.14. The van der Waals surface area contributed by atoms with E-state index in [1.165, 1.54) is 0 Å². The molecule has 0 aromatic heterocycles. The zero-order chi connectivity index (χ0) is 10.8. The highest BCUT2D eigenvalue weighted by Crippen LogP contribution is 1.88. The van der Waals surface area contributed by atoms with E-state index < -0.39 is 0 Å². The molecule has 2 amide bonds. The predicted octanol–water partition coefficient (Wildman–Crippen LogP) is -0.954. The van der Waals surface area contributed by atoms with Crippen molar-refractivity contribution in [2.75, 3.05) is 13.1 Å². The minimum absolute atomic E-state index is 0.0267. The van der Waals surface area contributed by atoms with Gasteiger partial charge in [-0.25, -0.2) is 0 Å². The highest BCUT2D eigenvalue weighted by atomic mass is 16.2. The maximum Gasteiger partial charge on any atom is 0.221 e. The Morgan fingerprint density at radius 2 is 1.29 bits per heavy atom. The average molecular weight is 194 g/mol. The first kappa shape index (κ1) is 11.9. The van der Waals surface area contributed by atoms with Crippen molar-refractivity contribution < 1.29 is 9.59 Å². The standard InChI is InChI=1S/C8H10N4O2/c9-3-5-11-7(13)1-2-8(14)12-6-4-10/h1-2,5-6H2,(H,11,13)(H,12,14). The number of nitriles is 2. The van der Waals surface area contributed by atoms with E-state index in [4.69, 9.17) is 10.5 Å². The number of hydrogen-bond donors (Lipinski definition) is 2. The summed E-state index contributed by atoms with van der Waals surface area (Å²) in [6.07, 6.45) is 0.0535. The predicted molar refractivity (Wildman–Crippen MR) is 46.5 cm³/mol. The van der Waals surface area contributed by atoms with Crippen LogP contribution < -0.4 is 10.6 Å². The van der Waals surface area contributed by atoms with Gasteiger partial charge in [-0.15, -0.1) is 0 Å². The maximum atomic E-state index is 10.9. The third-order valence-electron chi connectivity index (χ3n) is 1.31. The second kappa shape index (κ2) is 7.56. The number of nitrogens with one attached hydrogen (secondary N) is 2. The van der Waals surface area contributed by atoms with Gasteiger partial charge >= 0.3 is 0 Å². The van der Waals surface area contributed by atoms with Crippen LogP contribution in [0.5, 0.6) is 0 Å². The molecule has 0 saturated heterocycles. The minimum atomic E-state index is -0.348. The fraction of sp³-hybridized carbons (Fsp3) is 0.500. The molecule has 2 N–H and O–H groups in total. The lowest BCUT2D eigenvalue weighted by Crippen LogP contribution is -2.28. The Hall–Kier alpha value is -2.08. The van der Waals surface area contributed by atoms with Gasteiger partial charge in [0, 0.05) is 12.8 Å². The summed E-state index contributed by atoms with van der Waals surface area (Å²) in [5, 5.41) is 20.9. The number of carbonyl (C=O) groups is 2. The summed E-state index contributed by atoms with van der Waals surface area (Å²) in [5.74, 6) is -0.697. The Kier molecular flexibility index (Phi) is 6.44. The quantitative estimate of drug-likeness (QED) is 0.550. The molecule has 0 aromatic rings. The summed E-state index contributed by atoms with van der Waals surface area (Å²) < 4.78 is 0. The highest BCUT2D eigenvalue weighted by Gasteiger charge is 2.04. The van der Waals surface area contributed by atoms with Crippen molar-refractivity contribution in [3.8, 4) is 12.1 Å². The molecule has 0 spiro atoms. The van der Waals surface area contributed by atoms with Crippen LogP contribution >= 0.6 is 0 Å². The van der Waals surface area contributed by atoms with Crippen LogP contribution in [0.15, 0.2) is 0 Å². The van der Waals surface area contributed by atoms with Crippen molar-refractivity contribution in [3.05, 3.63) is 0 Å². The average Bonchev–Trinajstić information content (AvgIpc) is 2.20. The number of amides is 2. The summed E-state index contributed by atoms with van der Waals surface area (Å²) in [6, 6.07) is 3.49. The first-order chi connectivity index (χ1) is 6.70. The van der Waals surface area contributed by atoms with Crippen LogP contribution in [0, 0.1) is 22.7 Å². The second-order valence-corrected chi connectivity index (χ2v) is 2.37. The van der Waals surface area contributed by atoms with Crippen molar-refractivity contribution in [1.29, 1.82) is 10.5 Å². The van der Waals surface area contributed by atoms with E-state index in [9.17, 15) is 9.59 Å². The molecule has 6 heteroatoms. The van der Waals surface area contributed by atoms with Gasteiger partial charge in [-0.3, -0.25) is 9.59 Å². The molecular formula is C8H10N4O2. The molecular weight excluding hydrogens is 184 g/mol. The number of nitrogens with zero attached hydrogens (tertiary/aromatic N) is 2. The second-order valence-electron chi connectivity index (χ2n) is 2.37. The molecule has 14 heavy (non-hydrogen) atoms. The van der Waals surface area contributed by atoms with Gasteiger partial charge in [-0.05, 0) is 0 Å². The zero-order valence-corrected chi connectivity index (χ0v) is 7.54. The van der Waals surface area contributed by atoms with Crippen molar-refractivity contribution >= 4 is 11.8 Å². The number of rotatable bonds is 5. The number of hydrogen-bond acceptors (Lipinski definition) is 4. The minimum Gasteiger partial charge on any atom is -0.343 e. The van der Waals surface area contributed by atoms with Gasteiger partial charge in [0.2, 0.25) is 11.8 Å². The molecule has 0 saturated carbocycles. The van der Waals surface area contributed by atoms with E-state index in [0.29, 0.717) is 0 Å². The van der Waals surface area contributed by atoms with Gasteiger partial charge in [-0.1, -0.05) is 0 Å². The molecule has 74 valence electrons. The summed E-state index contributed by atoms with van der Waals surface area (Å²) in [5.41, 5.74) is 0. The molecule has 6 nitrogen and oxygen atoms in total. The lowest BCUT2D eigenvalue weighted by molar-refractivity contribution is -0.126. The molecule has 0 bridgehead atoms. The van der Waals surface area contributed by atoms with E-state index >= 15 is 0 Å². The Bertz CT molecular complexity index is 257. The molecule has 0 fully saturated rings. The Labute approximate surface area is 81.5 Å². The molecule has 0 rings (SSSR count). The highest BCUT2D eigenvalue weighted by molar-refractivity contribution is 5.83. The van der Waals surface area contributed by atoms with Crippen LogP contribution in [0.1, 0.15) is 12.8 Å². The SMILES string of the molecule is N#CCNC(=O)CCC(=O)NCC#N. The van der Waals surface area contributed by atoms with Crippen LogP contribution in [0.4, 0.5) is 0 Å². The monoisotopic (exact) mass is 194 g/mol. The van der Waals surface area contributed by atoms with Crippen molar-refractivity contribution in [3.63, 3.8) is 0 Å². The Morgan fingerprint density at radius 3 is 1.57 bits per heavy atom. The van der Waals surface area contributed by atoms with Gasteiger partial charge in [0.05, 0.1) is 12.1 Å². The van der Waals surface area contributed by atoms with Crippen molar-refractivity contribution in [2.24, 2.45) is 0 Å². The van der Waals surface area contributed by atoms with Gasteiger partial charge < -0.3 is 10.6 Å². The molecule has 0 aliphatic carbocycles. The van der Waals surface area contributed by atoms with Crippen LogP contribution in [-0.4, -0.2) is 24.9 Å². The fourth-order valence-electron chi connectivity index (χ4n) is 0.680. The first-order valence-corrected chi connectivity index (χ1v) is 3.98. The third kappa shape index (κ3) is 6.62. The fourth-order valence-corrected chi connectivity index (χ4v) is 0.680. The number of carbonyl (C=O) groups excluding carboxylic acids is 2. The molecule has 0 heterocycles. The topological polar surface area (TPSA) is 106 Å². The van der Waals surface area contributed by atoms with E-state index in [2.05, 4.69) is 10.6 Å². The van der Waals surface area contributed by atoms with E-state index in [0.717, 1.165) is 0 Å². The van der Waals surface area contributed by atoms with Crippen LogP contribution in [0.3, 0.4) is 0 Å².